The average molecular weight is 487 g/mol. The molecule has 0 spiro atoms. The van der Waals surface area contributed by atoms with Crippen molar-refractivity contribution in [2.24, 2.45) is 0 Å². The van der Waals surface area contributed by atoms with E-state index in [1.165, 1.54) is 33.4 Å². The normalized spacial score (nSPS) is 13.5. The summed E-state index contributed by atoms with van der Waals surface area (Å²) in [6.45, 7) is 8.72. The molecular weight excluding hydrogens is 459 g/mol. The van der Waals surface area contributed by atoms with Gasteiger partial charge in [0.2, 0.25) is 0 Å². The van der Waals surface area contributed by atoms with E-state index in [2.05, 4.69) is 119 Å². The van der Waals surface area contributed by atoms with Crippen molar-refractivity contribution in [1.82, 2.24) is 0 Å². The van der Waals surface area contributed by atoms with Crippen molar-refractivity contribution in [3.63, 3.8) is 0 Å². The number of allylic oxidation sites excluding steroid dienone is 8. The van der Waals surface area contributed by atoms with Crippen LogP contribution in [-0.2, 0) is 19.2 Å². The summed E-state index contributed by atoms with van der Waals surface area (Å²) in [6, 6.07) is 21.0. The molecule has 0 bridgehead atoms. The molecule has 0 saturated carbocycles. The fourth-order valence-electron chi connectivity index (χ4n) is 2.87. The van der Waals surface area contributed by atoms with Crippen molar-refractivity contribution >= 4 is 17.3 Å². The third kappa shape index (κ3) is 10.8. The maximum absolute atomic E-state index is 3.29. The molecular formula is C26H28Cl2SiTi-2. The van der Waals surface area contributed by atoms with E-state index in [1.807, 2.05) is 12.1 Å². The first-order chi connectivity index (χ1) is 13.5. The van der Waals surface area contributed by atoms with E-state index in [4.69, 9.17) is 0 Å². The molecule has 2 aromatic rings. The van der Waals surface area contributed by atoms with E-state index in [0.717, 1.165) is 12.8 Å². The predicted octanol–water partition coefficient (Wildman–Crippen LogP) is 1.24. The summed E-state index contributed by atoms with van der Waals surface area (Å²) in [5, 5.41) is 0. The van der Waals surface area contributed by atoms with Gasteiger partial charge < -0.3 is 24.8 Å². The Morgan fingerprint density at radius 3 is 1.20 bits per heavy atom. The van der Waals surface area contributed by atoms with Crippen molar-refractivity contribution < 1.29 is 44.0 Å². The Hall–Kier alpha value is -1.09. The SMILES string of the molecule is CC1=[C-]CC(c2ccccc2)=C1.CC1=[C-]CC(c2ccccc2)=C1.C[Si](C)=[Ti+2].[Cl-].[Cl-]. The molecule has 4 heteroatoms. The minimum Gasteiger partial charge on any atom is -1.00 e. The fourth-order valence-corrected chi connectivity index (χ4v) is 2.87. The summed E-state index contributed by atoms with van der Waals surface area (Å²) in [6.07, 6.45) is 13.0. The Balaban J connectivity index is 0.000000452. The van der Waals surface area contributed by atoms with Crippen LogP contribution in [0.15, 0.2) is 84.0 Å². The molecule has 0 nitrogen and oxygen atoms in total. The van der Waals surface area contributed by atoms with Crippen LogP contribution in [0.2, 0.25) is 13.1 Å². The zero-order valence-electron chi connectivity index (χ0n) is 18.1. The second-order valence-corrected chi connectivity index (χ2v) is 13.8. The van der Waals surface area contributed by atoms with Gasteiger partial charge in [-0.25, -0.2) is 23.3 Å². The number of rotatable bonds is 2. The van der Waals surface area contributed by atoms with Gasteiger partial charge in [-0.05, 0) is 11.1 Å². The van der Waals surface area contributed by atoms with Crippen molar-refractivity contribution in [2.45, 2.75) is 39.8 Å². The fraction of sp³-hybridized carbons (Fsp3) is 0.231. The molecule has 2 aromatic carbocycles. The van der Waals surface area contributed by atoms with E-state index >= 15 is 0 Å². The predicted molar refractivity (Wildman–Crippen MR) is 120 cm³/mol. The monoisotopic (exact) mass is 486 g/mol. The third-order valence-corrected chi connectivity index (χ3v) is 4.19. The molecule has 2 aliphatic rings. The van der Waals surface area contributed by atoms with Crippen LogP contribution in [0.4, 0.5) is 0 Å². The first kappa shape index (κ1) is 28.9. The Bertz CT molecular complexity index is 835. The third-order valence-electron chi connectivity index (χ3n) is 4.19. The molecule has 0 saturated heterocycles. The molecule has 0 aromatic heterocycles. The van der Waals surface area contributed by atoms with Crippen LogP contribution in [0.1, 0.15) is 37.8 Å². The molecule has 156 valence electrons. The van der Waals surface area contributed by atoms with Crippen LogP contribution in [0, 0.1) is 12.2 Å². The van der Waals surface area contributed by atoms with Crippen LogP contribution >= 0.6 is 0 Å². The number of hydrogen-bond acceptors (Lipinski definition) is 0. The molecule has 0 radical (unpaired) electrons. The zero-order valence-corrected chi connectivity index (χ0v) is 22.2. The van der Waals surface area contributed by atoms with Gasteiger partial charge in [-0.3, -0.25) is 12.2 Å². The van der Waals surface area contributed by atoms with Gasteiger partial charge in [0.25, 0.3) is 0 Å². The van der Waals surface area contributed by atoms with E-state index in [-0.39, 0.29) is 31.0 Å². The summed E-state index contributed by atoms with van der Waals surface area (Å²) < 4.78 is 0. The van der Waals surface area contributed by atoms with Crippen LogP contribution < -0.4 is 24.8 Å². The van der Waals surface area contributed by atoms with Crippen molar-refractivity contribution in [2.75, 3.05) is 0 Å². The molecule has 2 aliphatic carbocycles. The first-order valence-corrected chi connectivity index (χ1v) is 14.5. The summed E-state index contributed by atoms with van der Waals surface area (Å²) in [4.78, 5) is 0. The Morgan fingerprint density at radius 1 is 0.667 bits per heavy atom. The van der Waals surface area contributed by atoms with Gasteiger partial charge in [-0.2, -0.15) is 0 Å². The van der Waals surface area contributed by atoms with Gasteiger partial charge in [0.05, 0.1) is 0 Å². The van der Waals surface area contributed by atoms with E-state index in [1.54, 1.807) is 0 Å². The Kier molecular flexibility index (Phi) is 15.1. The van der Waals surface area contributed by atoms with Gasteiger partial charge in [0.15, 0.2) is 0 Å². The standard InChI is InChI=1S/2C12H11.C2H6Si.2ClH.Ti/c2*1-10-7-8-12(9-10)11-5-3-2-4-6-11;1-3-2;;;/h2*2-6,9H,8H2,1H3;1-2H3;2*1H;/q2*-1;;;;+2/p-2. The molecule has 0 unspecified atom stereocenters. The average Bonchev–Trinajstić information content (AvgIpc) is 3.32. The Morgan fingerprint density at radius 2 is 0.967 bits per heavy atom. The van der Waals surface area contributed by atoms with Crippen LogP contribution in [0.25, 0.3) is 11.1 Å². The number of hydrogen-bond donors (Lipinski definition) is 0. The summed E-state index contributed by atoms with van der Waals surface area (Å²) in [7, 11) is 0. The molecule has 0 amide bonds. The van der Waals surface area contributed by atoms with Crippen LogP contribution in [-0.4, -0.2) is 6.19 Å². The molecule has 30 heavy (non-hydrogen) atoms. The molecule has 0 heterocycles. The Labute approximate surface area is 207 Å². The maximum Gasteiger partial charge on any atom is -1.00 e. The summed E-state index contributed by atoms with van der Waals surface area (Å²) in [5.41, 5.74) is 7.92. The molecule has 0 aliphatic heterocycles. The van der Waals surface area contributed by atoms with Crippen molar-refractivity contribution in [3.8, 4) is 0 Å². The topological polar surface area (TPSA) is 0 Å². The molecule has 0 fully saturated rings. The van der Waals surface area contributed by atoms with Gasteiger partial charge in [0.1, 0.15) is 0 Å². The second kappa shape index (κ2) is 15.7. The number of halogens is 2. The molecule has 0 atom stereocenters. The van der Waals surface area contributed by atoms with E-state index in [0.29, 0.717) is 0 Å². The van der Waals surface area contributed by atoms with Gasteiger partial charge in [-0.1, -0.05) is 74.5 Å². The van der Waals surface area contributed by atoms with Gasteiger partial charge in [-0.15, -0.1) is 24.0 Å². The zero-order chi connectivity index (χ0) is 20.4. The van der Waals surface area contributed by atoms with Gasteiger partial charge >= 0.3 is 38.5 Å². The quantitative estimate of drug-likeness (QED) is 0.442. The maximum atomic E-state index is 3.29. The number of benzene rings is 2. The van der Waals surface area contributed by atoms with Gasteiger partial charge in [0, 0.05) is 0 Å². The second-order valence-electron chi connectivity index (χ2n) is 7.14. The summed E-state index contributed by atoms with van der Waals surface area (Å²) >= 11 is 2.27. The largest absolute Gasteiger partial charge is 1.00 e. The molecule has 4 rings (SSSR count). The van der Waals surface area contributed by atoms with Crippen LogP contribution in [0.5, 0.6) is 0 Å². The van der Waals surface area contributed by atoms with Crippen LogP contribution in [0.3, 0.4) is 0 Å². The minimum absolute atomic E-state index is 0. The first-order valence-electron chi connectivity index (χ1n) is 9.64. The van der Waals surface area contributed by atoms with E-state index in [9.17, 15) is 0 Å². The van der Waals surface area contributed by atoms with Crippen molar-refractivity contribution in [1.29, 1.82) is 0 Å². The van der Waals surface area contributed by atoms with E-state index < -0.39 is 0 Å². The van der Waals surface area contributed by atoms with Crippen molar-refractivity contribution in [3.05, 3.63) is 107 Å². The summed E-state index contributed by atoms with van der Waals surface area (Å²) in [5.74, 6) is 0. The molecule has 0 N–H and O–H groups in total. The smallest absolute Gasteiger partial charge is 1.00 e. The minimum atomic E-state index is 0.